The van der Waals surface area contributed by atoms with Crippen molar-refractivity contribution < 1.29 is 4.79 Å². The van der Waals surface area contributed by atoms with Crippen molar-refractivity contribution in [3.8, 4) is 0 Å². The molecule has 2 N–H and O–H groups in total. The molecule has 0 aliphatic carbocycles. The molecule has 24 heavy (non-hydrogen) atoms. The van der Waals surface area contributed by atoms with Crippen molar-refractivity contribution >= 4 is 33.3 Å². The molecule has 2 aromatic heterocycles. The third kappa shape index (κ3) is 4.39. The summed E-state index contributed by atoms with van der Waals surface area (Å²) in [7, 11) is 0. The number of carbonyl (C=O) groups is 1. The molecule has 2 heterocycles. The average molecular weight is 383 g/mol. The number of benzene rings is 1. The maximum atomic E-state index is 12.1. The number of halogens is 1. The van der Waals surface area contributed by atoms with Gasteiger partial charge < -0.3 is 10.6 Å². The van der Waals surface area contributed by atoms with E-state index in [0.29, 0.717) is 17.9 Å². The Morgan fingerprint density at radius 1 is 1.08 bits per heavy atom. The lowest BCUT2D eigenvalue weighted by atomic mass is 10.2. The number of aromatic nitrogens is 2. The highest BCUT2D eigenvalue weighted by molar-refractivity contribution is 9.10. The predicted octanol–water partition coefficient (Wildman–Crippen LogP) is 3.91. The van der Waals surface area contributed by atoms with Crippen molar-refractivity contribution in [2.24, 2.45) is 0 Å². The van der Waals surface area contributed by atoms with Gasteiger partial charge in [-0.15, -0.1) is 0 Å². The highest BCUT2D eigenvalue weighted by Gasteiger charge is 2.06. The van der Waals surface area contributed by atoms with Crippen LogP contribution in [-0.4, -0.2) is 15.9 Å². The van der Waals surface area contributed by atoms with Gasteiger partial charge in [0.05, 0.1) is 5.56 Å². The molecule has 0 radical (unpaired) electrons. The lowest BCUT2D eigenvalue weighted by Crippen LogP contribution is -2.22. The first-order valence-electron chi connectivity index (χ1n) is 7.36. The summed E-state index contributed by atoms with van der Waals surface area (Å²) in [5, 5.41) is 6.03. The molecule has 0 saturated heterocycles. The summed E-state index contributed by atoms with van der Waals surface area (Å²) in [4.78, 5) is 20.4. The van der Waals surface area contributed by atoms with E-state index in [0.717, 1.165) is 15.7 Å². The van der Waals surface area contributed by atoms with Crippen LogP contribution in [0.4, 0.5) is 11.5 Å². The molecule has 0 aliphatic rings. The number of hydrogen-bond acceptors (Lipinski definition) is 4. The number of nitrogens with zero attached hydrogens (tertiary/aromatic N) is 2. The first-order chi connectivity index (χ1) is 11.7. The van der Waals surface area contributed by atoms with Crippen molar-refractivity contribution in [3.63, 3.8) is 0 Å². The molecule has 1 amide bonds. The molecule has 0 atom stereocenters. The zero-order valence-electron chi connectivity index (χ0n) is 12.7. The summed E-state index contributed by atoms with van der Waals surface area (Å²) in [6.45, 7) is 0.435. The monoisotopic (exact) mass is 382 g/mol. The number of carbonyl (C=O) groups excluding carboxylic acids is 1. The van der Waals surface area contributed by atoms with Crippen LogP contribution < -0.4 is 10.6 Å². The van der Waals surface area contributed by atoms with Crippen LogP contribution in [0.15, 0.2) is 71.6 Å². The zero-order chi connectivity index (χ0) is 16.8. The van der Waals surface area contributed by atoms with Crippen LogP contribution >= 0.6 is 15.9 Å². The Bertz CT molecular complexity index is 822. The second kappa shape index (κ2) is 7.70. The van der Waals surface area contributed by atoms with Crippen molar-refractivity contribution in [2.45, 2.75) is 6.54 Å². The van der Waals surface area contributed by atoms with E-state index >= 15 is 0 Å². The molecular formula is C18H15BrN4O. The molecular weight excluding hydrogens is 368 g/mol. The Balaban J connectivity index is 1.60. The van der Waals surface area contributed by atoms with Crippen molar-refractivity contribution in [1.29, 1.82) is 0 Å². The van der Waals surface area contributed by atoms with Gasteiger partial charge in [0, 0.05) is 35.3 Å². The molecule has 120 valence electrons. The summed E-state index contributed by atoms with van der Waals surface area (Å²) >= 11 is 3.42. The van der Waals surface area contributed by atoms with Gasteiger partial charge in [0.15, 0.2) is 0 Å². The van der Waals surface area contributed by atoms with Gasteiger partial charge in [0.1, 0.15) is 5.82 Å². The molecule has 3 aromatic rings. The summed E-state index contributed by atoms with van der Waals surface area (Å²) in [6.07, 6.45) is 4.98. The lowest BCUT2D eigenvalue weighted by Gasteiger charge is -2.08. The fourth-order valence-corrected chi connectivity index (χ4v) is 2.50. The molecule has 0 saturated carbocycles. The van der Waals surface area contributed by atoms with Gasteiger partial charge >= 0.3 is 0 Å². The molecule has 1 aromatic carbocycles. The first-order valence-corrected chi connectivity index (χ1v) is 8.16. The molecule has 0 bridgehead atoms. The maximum Gasteiger partial charge on any atom is 0.253 e. The van der Waals surface area contributed by atoms with Crippen LogP contribution in [0.5, 0.6) is 0 Å². The normalized spacial score (nSPS) is 10.2. The topological polar surface area (TPSA) is 66.9 Å². The molecule has 6 heteroatoms. The van der Waals surface area contributed by atoms with Crippen LogP contribution in [0.3, 0.4) is 0 Å². The minimum atomic E-state index is -0.166. The van der Waals surface area contributed by atoms with Crippen molar-refractivity contribution in [2.75, 3.05) is 5.32 Å². The van der Waals surface area contributed by atoms with E-state index in [4.69, 9.17) is 0 Å². The molecule has 0 spiro atoms. The Morgan fingerprint density at radius 2 is 2.00 bits per heavy atom. The van der Waals surface area contributed by atoms with E-state index in [1.807, 2.05) is 36.4 Å². The van der Waals surface area contributed by atoms with Gasteiger partial charge in [-0.3, -0.25) is 9.78 Å². The third-order valence-corrected chi connectivity index (χ3v) is 3.79. The Labute approximate surface area is 148 Å². The number of nitrogens with one attached hydrogen (secondary N) is 2. The second-order valence-electron chi connectivity index (χ2n) is 5.11. The Hall–Kier alpha value is -2.73. The van der Waals surface area contributed by atoms with E-state index in [9.17, 15) is 4.79 Å². The Kier molecular flexibility index (Phi) is 5.18. The van der Waals surface area contributed by atoms with E-state index in [1.165, 1.54) is 0 Å². The Morgan fingerprint density at radius 3 is 2.71 bits per heavy atom. The maximum absolute atomic E-state index is 12.1. The van der Waals surface area contributed by atoms with Crippen LogP contribution in [0.1, 0.15) is 15.9 Å². The van der Waals surface area contributed by atoms with Crippen molar-refractivity contribution in [1.82, 2.24) is 15.3 Å². The number of anilines is 2. The predicted molar refractivity (Wildman–Crippen MR) is 97.1 cm³/mol. The summed E-state index contributed by atoms with van der Waals surface area (Å²) in [6, 6.07) is 15.1. The first kappa shape index (κ1) is 16.1. The van der Waals surface area contributed by atoms with Gasteiger partial charge in [-0.25, -0.2) is 4.98 Å². The minimum absolute atomic E-state index is 0.166. The number of hydrogen-bond donors (Lipinski definition) is 2. The molecule has 0 unspecified atom stereocenters. The van der Waals surface area contributed by atoms with Crippen LogP contribution in [0, 0.1) is 0 Å². The van der Waals surface area contributed by atoms with Gasteiger partial charge in [-0.1, -0.05) is 28.1 Å². The SMILES string of the molecule is O=C(NCc1cccnc1)c1ccc(Nc2cccc(Br)c2)nc1. The highest BCUT2D eigenvalue weighted by Crippen LogP contribution is 2.19. The van der Waals surface area contributed by atoms with Crippen molar-refractivity contribution in [3.05, 3.63) is 82.7 Å². The van der Waals surface area contributed by atoms with Crippen LogP contribution in [-0.2, 0) is 6.54 Å². The summed E-state index contributed by atoms with van der Waals surface area (Å²) in [5.74, 6) is 0.511. The molecule has 5 nitrogen and oxygen atoms in total. The van der Waals surface area contributed by atoms with Gasteiger partial charge in [-0.2, -0.15) is 0 Å². The fourth-order valence-electron chi connectivity index (χ4n) is 2.10. The smallest absolute Gasteiger partial charge is 0.253 e. The molecule has 0 aliphatic heterocycles. The summed E-state index contributed by atoms with van der Waals surface area (Å²) < 4.78 is 0.985. The average Bonchev–Trinajstić information content (AvgIpc) is 2.61. The lowest BCUT2D eigenvalue weighted by molar-refractivity contribution is 0.0950. The minimum Gasteiger partial charge on any atom is -0.348 e. The largest absolute Gasteiger partial charge is 0.348 e. The zero-order valence-corrected chi connectivity index (χ0v) is 14.3. The van der Waals surface area contributed by atoms with E-state index in [-0.39, 0.29) is 5.91 Å². The van der Waals surface area contributed by atoms with Gasteiger partial charge in [0.25, 0.3) is 5.91 Å². The summed E-state index contributed by atoms with van der Waals surface area (Å²) in [5.41, 5.74) is 2.39. The van der Waals surface area contributed by atoms with Gasteiger partial charge in [0.2, 0.25) is 0 Å². The highest BCUT2D eigenvalue weighted by atomic mass is 79.9. The fraction of sp³-hybridized carbons (Fsp3) is 0.0556. The number of rotatable bonds is 5. The second-order valence-corrected chi connectivity index (χ2v) is 6.03. The standard InChI is InChI=1S/C18H15BrN4O/c19-15-4-1-5-16(9-15)23-17-7-6-14(12-21-17)18(24)22-11-13-3-2-8-20-10-13/h1-10,12H,11H2,(H,21,23)(H,22,24). The van der Waals surface area contributed by atoms with Gasteiger partial charge in [-0.05, 0) is 42.0 Å². The molecule has 3 rings (SSSR count). The van der Waals surface area contributed by atoms with E-state index < -0.39 is 0 Å². The number of amides is 1. The van der Waals surface area contributed by atoms with Crippen LogP contribution in [0.25, 0.3) is 0 Å². The quantitative estimate of drug-likeness (QED) is 0.701. The third-order valence-electron chi connectivity index (χ3n) is 3.30. The van der Waals surface area contributed by atoms with E-state index in [2.05, 4.69) is 36.5 Å². The molecule has 0 fully saturated rings. The van der Waals surface area contributed by atoms with E-state index in [1.54, 1.807) is 30.7 Å². The number of pyridine rings is 2. The van der Waals surface area contributed by atoms with Crippen LogP contribution in [0.2, 0.25) is 0 Å².